The van der Waals surface area contributed by atoms with Crippen LogP contribution in [0.3, 0.4) is 0 Å². The van der Waals surface area contributed by atoms with Crippen LogP contribution < -0.4 is 15.9 Å². The summed E-state index contributed by atoms with van der Waals surface area (Å²) in [5.41, 5.74) is 2.18. The van der Waals surface area contributed by atoms with Crippen LogP contribution in [0.15, 0.2) is 115 Å². The number of halogens is 1. The second-order valence-corrected chi connectivity index (χ2v) is 10.2. The highest BCUT2D eigenvalue weighted by Gasteiger charge is 2.24. The van der Waals surface area contributed by atoms with E-state index >= 15 is 0 Å². The Balaban J connectivity index is 0.000000195. The second-order valence-electron chi connectivity index (χ2n) is 7.44. The van der Waals surface area contributed by atoms with Gasteiger partial charge in [-0.3, -0.25) is 0 Å². The molecule has 1 atom stereocenters. The maximum absolute atomic E-state index is 8.83. The summed E-state index contributed by atoms with van der Waals surface area (Å²) < 4.78 is 0. The number of alkyl halides is 1. The third-order valence-electron chi connectivity index (χ3n) is 5.29. The van der Waals surface area contributed by atoms with Gasteiger partial charge in [-0.2, -0.15) is 5.26 Å². The van der Waals surface area contributed by atoms with E-state index in [-0.39, 0.29) is 5.92 Å². The molecule has 0 aliphatic rings. The summed E-state index contributed by atoms with van der Waals surface area (Å²) in [5.74, 6) is 0.549. The van der Waals surface area contributed by atoms with Crippen molar-refractivity contribution in [2.24, 2.45) is 0 Å². The van der Waals surface area contributed by atoms with Gasteiger partial charge in [0.25, 0.3) is 0 Å². The van der Waals surface area contributed by atoms with Gasteiger partial charge in [-0.15, -0.1) is 11.6 Å². The minimum Gasteiger partial charge on any atom is -0.198 e. The zero-order valence-corrected chi connectivity index (χ0v) is 20.0. The van der Waals surface area contributed by atoms with Crippen molar-refractivity contribution in [3.63, 3.8) is 0 Å². The van der Waals surface area contributed by atoms with Gasteiger partial charge in [0, 0.05) is 5.88 Å². The quantitative estimate of drug-likeness (QED) is 0.236. The highest BCUT2D eigenvalue weighted by Crippen LogP contribution is 2.32. The Hall–Kier alpha value is -2.91. The maximum Gasteiger partial charge on any atom is 0.102 e. The van der Waals surface area contributed by atoms with Crippen molar-refractivity contribution in [3.05, 3.63) is 126 Å². The van der Waals surface area contributed by atoms with Crippen molar-refractivity contribution in [3.8, 4) is 6.07 Å². The van der Waals surface area contributed by atoms with E-state index in [0.717, 1.165) is 17.5 Å². The number of nitriles is 1. The molecule has 0 heterocycles. The van der Waals surface area contributed by atoms with E-state index in [1.165, 1.54) is 15.9 Å². The molecule has 0 aliphatic heterocycles. The van der Waals surface area contributed by atoms with Crippen LogP contribution in [-0.4, -0.2) is 0 Å². The molecule has 0 spiro atoms. The van der Waals surface area contributed by atoms with Gasteiger partial charge in [0.1, 0.15) is 15.9 Å². The smallest absolute Gasteiger partial charge is 0.102 e. The molecule has 0 N–H and O–H groups in total. The lowest BCUT2D eigenvalue weighted by molar-refractivity contribution is 0.818. The Bertz CT molecular complexity index is 997. The second kappa shape index (κ2) is 12.8. The van der Waals surface area contributed by atoms with Crippen LogP contribution >= 0.6 is 19.5 Å². The summed E-state index contributed by atoms with van der Waals surface area (Å²) in [6.07, 6.45) is 0.858. The van der Waals surface area contributed by atoms with Crippen LogP contribution in [0.2, 0.25) is 0 Å². The lowest BCUT2D eigenvalue weighted by Gasteiger charge is -2.10. The Labute approximate surface area is 198 Å². The lowest BCUT2D eigenvalue weighted by Crippen LogP contribution is -2.20. The van der Waals surface area contributed by atoms with Crippen LogP contribution in [0.25, 0.3) is 0 Å². The molecule has 0 fully saturated rings. The van der Waals surface area contributed by atoms with Gasteiger partial charge in [0.05, 0.1) is 19.9 Å². The van der Waals surface area contributed by atoms with Crippen LogP contribution in [0.1, 0.15) is 30.4 Å². The predicted octanol–water partition coefficient (Wildman–Crippen LogP) is 6.62. The monoisotopic (exact) mass is 456 g/mol. The van der Waals surface area contributed by atoms with Crippen molar-refractivity contribution in [1.82, 2.24) is 0 Å². The maximum atomic E-state index is 8.83. The van der Waals surface area contributed by atoms with Gasteiger partial charge in [0.15, 0.2) is 0 Å². The number of benzene rings is 4. The molecule has 0 aliphatic carbocycles. The van der Waals surface area contributed by atoms with Gasteiger partial charge in [-0.25, -0.2) is 0 Å². The van der Waals surface area contributed by atoms with Crippen molar-refractivity contribution in [2.75, 3.05) is 0 Å². The molecular weight excluding hydrogens is 429 g/mol. The summed E-state index contributed by atoms with van der Waals surface area (Å²) in [6, 6.07) is 42.7. The summed E-state index contributed by atoms with van der Waals surface area (Å²) >= 11 is 5.66. The van der Waals surface area contributed by atoms with Gasteiger partial charge in [-0.1, -0.05) is 85.8 Å². The third-order valence-corrected chi connectivity index (χ3v) is 8.33. The number of nitrogens with zero attached hydrogens (tertiary/aromatic N) is 1. The van der Waals surface area contributed by atoms with Crippen molar-refractivity contribution in [1.29, 1.82) is 5.26 Å². The minimum absolute atomic E-state index is 0.0179. The Morgan fingerprint density at radius 1 is 0.688 bits per heavy atom. The number of rotatable bonds is 6. The molecule has 1 unspecified atom stereocenters. The van der Waals surface area contributed by atoms with E-state index in [2.05, 4.69) is 97.1 Å². The zero-order chi connectivity index (χ0) is 22.6. The van der Waals surface area contributed by atoms with E-state index in [1.54, 1.807) is 0 Å². The average Bonchev–Trinajstić information content (AvgIpc) is 2.88. The Morgan fingerprint density at radius 3 is 1.41 bits per heavy atom. The molecule has 32 heavy (non-hydrogen) atoms. The minimum atomic E-state index is -0.877. The van der Waals surface area contributed by atoms with Gasteiger partial charge < -0.3 is 0 Å². The Kier molecular flexibility index (Phi) is 9.52. The Morgan fingerprint density at radius 2 is 1.09 bits per heavy atom. The first kappa shape index (κ1) is 23.7. The highest BCUT2D eigenvalue weighted by atomic mass is 35.5. The topological polar surface area (TPSA) is 23.8 Å². The van der Waals surface area contributed by atoms with Gasteiger partial charge >= 0.3 is 0 Å². The summed E-state index contributed by atoms with van der Waals surface area (Å²) in [4.78, 5) is 0. The number of hydrogen-bond acceptors (Lipinski definition) is 1. The van der Waals surface area contributed by atoms with Gasteiger partial charge in [-0.05, 0) is 53.9 Å². The molecule has 4 rings (SSSR count). The fourth-order valence-corrected chi connectivity index (χ4v) is 6.31. The van der Waals surface area contributed by atoms with Crippen LogP contribution in [0, 0.1) is 11.3 Å². The molecule has 1 nitrogen and oxygen atoms in total. The first-order valence-corrected chi connectivity index (χ1v) is 12.9. The molecule has 0 saturated carbocycles. The standard InChI is InChI=1S/C18H15P.C11H12ClN/c1-4-10-16(11-5-1)19(17-12-6-2-7-13-17)18-14-8-3-9-15-18;1-2-10(8-13)11-5-3-9(7-12)4-6-11/h1-15H;3-6,10H,2,7H2,1H3/p+1. The summed E-state index contributed by atoms with van der Waals surface area (Å²) in [7, 11) is -0.877. The number of hydrogen-bond donors (Lipinski definition) is 0. The van der Waals surface area contributed by atoms with Crippen molar-refractivity contribution < 1.29 is 0 Å². The van der Waals surface area contributed by atoms with Crippen molar-refractivity contribution in [2.45, 2.75) is 25.1 Å². The SMILES string of the molecule is CCC(C#N)c1ccc(CCl)cc1.c1ccc([PH+](c2ccccc2)c2ccccc2)cc1. The molecule has 3 heteroatoms. The molecule has 0 bridgehead atoms. The van der Waals surface area contributed by atoms with E-state index in [4.69, 9.17) is 16.9 Å². The molecule has 0 radical (unpaired) electrons. The molecular formula is C29H28ClNP+. The summed E-state index contributed by atoms with van der Waals surface area (Å²) in [6.45, 7) is 2.02. The fourth-order valence-electron chi connectivity index (χ4n) is 3.56. The molecule has 4 aromatic rings. The van der Waals surface area contributed by atoms with Crippen LogP contribution in [0.5, 0.6) is 0 Å². The molecule has 0 saturated heterocycles. The average molecular weight is 457 g/mol. The van der Waals surface area contributed by atoms with Crippen molar-refractivity contribution >= 4 is 35.4 Å². The molecule has 160 valence electrons. The van der Waals surface area contributed by atoms with Gasteiger partial charge in [0.2, 0.25) is 0 Å². The zero-order valence-electron chi connectivity index (χ0n) is 18.3. The van der Waals surface area contributed by atoms with Crippen LogP contribution in [-0.2, 0) is 5.88 Å². The first-order valence-electron chi connectivity index (χ1n) is 10.8. The molecule has 0 aromatic heterocycles. The largest absolute Gasteiger partial charge is 0.198 e. The lowest BCUT2D eigenvalue weighted by atomic mass is 9.97. The predicted molar refractivity (Wildman–Crippen MR) is 141 cm³/mol. The van der Waals surface area contributed by atoms with E-state index in [9.17, 15) is 0 Å². The van der Waals surface area contributed by atoms with E-state index < -0.39 is 7.92 Å². The van der Waals surface area contributed by atoms with Crippen LogP contribution in [0.4, 0.5) is 0 Å². The highest BCUT2D eigenvalue weighted by molar-refractivity contribution is 7.79. The molecule has 0 amide bonds. The fraction of sp³-hybridized carbons (Fsp3) is 0.138. The van der Waals surface area contributed by atoms with E-state index in [1.807, 2.05) is 31.2 Å². The molecule has 4 aromatic carbocycles. The first-order chi connectivity index (χ1) is 15.8. The van der Waals surface area contributed by atoms with E-state index in [0.29, 0.717) is 5.88 Å². The summed E-state index contributed by atoms with van der Waals surface area (Å²) in [5, 5.41) is 13.1. The third kappa shape index (κ3) is 6.54. The normalized spacial score (nSPS) is 11.2.